The Balaban J connectivity index is 1.80. The fraction of sp³-hybridized carbons (Fsp3) is 0.500. The van der Waals surface area contributed by atoms with Crippen LogP contribution in [0.4, 0.5) is 13.2 Å². The van der Waals surface area contributed by atoms with Gasteiger partial charge < -0.3 is 5.32 Å². The average Bonchev–Trinajstić information content (AvgIpc) is 2.99. The number of aromatic amines is 1. The molecule has 0 spiro atoms. The second-order valence-electron chi connectivity index (χ2n) is 4.56. The van der Waals surface area contributed by atoms with E-state index >= 15 is 0 Å². The summed E-state index contributed by atoms with van der Waals surface area (Å²) < 4.78 is 37.1. The van der Waals surface area contributed by atoms with Crippen LogP contribution in [0.5, 0.6) is 0 Å². The van der Waals surface area contributed by atoms with E-state index in [-0.39, 0.29) is 12.2 Å². The van der Waals surface area contributed by atoms with Crippen LogP contribution < -0.4 is 5.32 Å². The lowest BCUT2D eigenvalue weighted by molar-refractivity contribution is -0.141. The number of carbonyl (C=O) groups excluding carboxylic acids is 1. The van der Waals surface area contributed by atoms with Gasteiger partial charge in [-0.25, -0.2) is 0 Å². The molecule has 21 heavy (non-hydrogen) atoms. The number of hydrogen-bond acceptors (Lipinski definition) is 4. The maximum absolute atomic E-state index is 12.4. The van der Waals surface area contributed by atoms with Crippen molar-refractivity contribution in [1.82, 2.24) is 15.5 Å². The first kappa shape index (κ1) is 15.0. The molecule has 112 valence electrons. The van der Waals surface area contributed by atoms with Crippen LogP contribution in [0.1, 0.15) is 35.4 Å². The molecule has 1 amide bonds. The van der Waals surface area contributed by atoms with E-state index in [1.165, 1.54) is 0 Å². The Hall–Kier alpha value is -2.37. The first-order chi connectivity index (χ1) is 9.86. The van der Waals surface area contributed by atoms with E-state index in [0.29, 0.717) is 25.3 Å². The van der Waals surface area contributed by atoms with Gasteiger partial charge in [-0.15, -0.1) is 12.3 Å². The van der Waals surface area contributed by atoms with Crippen molar-refractivity contribution in [3.8, 4) is 12.3 Å². The van der Waals surface area contributed by atoms with Crippen LogP contribution in [0.15, 0.2) is 16.3 Å². The van der Waals surface area contributed by atoms with E-state index in [1.807, 2.05) is 0 Å². The van der Waals surface area contributed by atoms with Gasteiger partial charge in [-0.05, 0) is 0 Å². The summed E-state index contributed by atoms with van der Waals surface area (Å²) in [4.78, 5) is 11.7. The van der Waals surface area contributed by atoms with Gasteiger partial charge in [0.05, 0.1) is 0 Å². The van der Waals surface area contributed by atoms with E-state index < -0.39 is 23.4 Å². The first-order valence-electron chi connectivity index (χ1n) is 6.15. The molecule has 0 saturated heterocycles. The van der Waals surface area contributed by atoms with Crippen LogP contribution >= 0.6 is 0 Å². The number of alkyl halides is 3. The van der Waals surface area contributed by atoms with Crippen LogP contribution in [-0.2, 0) is 6.18 Å². The molecule has 0 radical (unpaired) electrons. The van der Waals surface area contributed by atoms with E-state index in [1.54, 1.807) is 5.10 Å². The third kappa shape index (κ3) is 3.81. The van der Waals surface area contributed by atoms with Crippen molar-refractivity contribution in [3.63, 3.8) is 0 Å². The minimum atomic E-state index is -4.56. The van der Waals surface area contributed by atoms with Crippen molar-refractivity contribution >= 4 is 5.91 Å². The summed E-state index contributed by atoms with van der Waals surface area (Å²) in [6.45, 7) is 0.227. The second kappa shape index (κ2) is 5.55. The van der Waals surface area contributed by atoms with Gasteiger partial charge in [0, 0.05) is 31.9 Å². The zero-order chi connectivity index (χ0) is 15.5. The van der Waals surface area contributed by atoms with E-state index in [0.717, 1.165) is 0 Å². The highest BCUT2D eigenvalue weighted by molar-refractivity contribution is 5.92. The summed E-state index contributed by atoms with van der Waals surface area (Å²) in [5.74, 6) is 1.79. The molecular formula is C12H12F3N5O. The molecule has 0 fully saturated rings. The second-order valence-corrected chi connectivity index (χ2v) is 4.56. The SMILES string of the molecule is C#CCCC1(CCNC(=O)c2cc(C(F)(F)F)[nH]n2)N=N1. The molecule has 1 aromatic heterocycles. The topological polar surface area (TPSA) is 82.5 Å². The Morgan fingerprint density at radius 2 is 2.14 bits per heavy atom. The number of aromatic nitrogens is 2. The molecule has 0 saturated carbocycles. The third-order valence-electron chi connectivity index (χ3n) is 2.98. The molecule has 0 bridgehead atoms. The Morgan fingerprint density at radius 3 is 2.67 bits per heavy atom. The number of H-pyrrole nitrogens is 1. The van der Waals surface area contributed by atoms with E-state index in [2.05, 4.69) is 26.6 Å². The Bertz CT molecular complexity index is 593. The summed E-state index contributed by atoms with van der Waals surface area (Å²) in [6.07, 6.45) is 2.16. The molecular weight excluding hydrogens is 287 g/mol. The number of terminal acetylenes is 1. The van der Waals surface area contributed by atoms with Crippen LogP contribution in [-0.4, -0.2) is 28.3 Å². The van der Waals surface area contributed by atoms with Gasteiger partial charge in [-0.2, -0.15) is 28.5 Å². The maximum Gasteiger partial charge on any atom is 0.432 e. The third-order valence-corrected chi connectivity index (χ3v) is 2.98. The number of rotatable bonds is 6. The van der Waals surface area contributed by atoms with Crippen molar-refractivity contribution in [2.24, 2.45) is 10.2 Å². The summed E-state index contributed by atoms with van der Waals surface area (Å²) in [5, 5.41) is 15.4. The summed E-state index contributed by atoms with van der Waals surface area (Å²) >= 11 is 0. The van der Waals surface area contributed by atoms with Crippen molar-refractivity contribution in [2.45, 2.75) is 31.1 Å². The van der Waals surface area contributed by atoms with Gasteiger partial charge in [-0.3, -0.25) is 9.89 Å². The monoisotopic (exact) mass is 299 g/mol. The zero-order valence-corrected chi connectivity index (χ0v) is 10.9. The number of nitrogens with one attached hydrogen (secondary N) is 2. The lowest BCUT2D eigenvalue weighted by Crippen LogP contribution is -2.28. The standard InChI is InChI=1S/C12H12F3N5O/c1-2-3-4-11(19-20-11)5-6-16-10(21)8-7-9(18-17-8)12(13,14)15/h1,7H,3-6H2,(H,16,21)(H,17,18). The molecule has 2 rings (SSSR count). The Labute approximate surface area is 118 Å². The molecule has 2 heterocycles. The highest BCUT2D eigenvalue weighted by Gasteiger charge is 2.38. The Morgan fingerprint density at radius 1 is 1.43 bits per heavy atom. The zero-order valence-electron chi connectivity index (χ0n) is 10.9. The van der Waals surface area contributed by atoms with Crippen molar-refractivity contribution < 1.29 is 18.0 Å². The van der Waals surface area contributed by atoms with Gasteiger partial charge in [0.1, 0.15) is 5.69 Å². The van der Waals surface area contributed by atoms with Crippen molar-refractivity contribution in [3.05, 3.63) is 17.5 Å². The fourth-order valence-electron chi connectivity index (χ4n) is 1.72. The molecule has 0 atom stereocenters. The predicted molar refractivity (Wildman–Crippen MR) is 66.2 cm³/mol. The van der Waals surface area contributed by atoms with Crippen molar-refractivity contribution in [1.29, 1.82) is 0 Å². The lowest BCUT2D eigenvalue weighted by Gasteiger charge is -2.08. The number of nitrogens with zero attached hydrogens (tertiary/aromatic N) is 3. The number of halogens is 3. The molecule has 0 aromatic carbocycles. The largest absolute Gasteiger partial charge is 0.432 e. The van der Waals surface area contributed by atoms with Gasteiger partial charge in [0.15, 0.2) is 11.4 Å². The van der Waals surface area contributed by atoms with Gasteiger partial charge >= 0.3 is 6.18 Å². The highest BCUT2D eigenvalue weighted by Crippen LogP contribution is 2.36. The minimum Gasteiger partial charge on any atom is -0.350 e. The van der Waals surface area contributed by atoms with E-state index in [9.17, 15) is 18.0 Å². The predicted octanol–water partition coefficient (Wildman–Crippen LogP) is 2.12. The van der Waals surface area contributed by atoms with Crippen LogP contribution in [0.25, 0.3) is 0 Å². The number of hydrogen-bond donors (Lipinski definition) is 2. The highest BCUT2D eigenvalue weighted by atomic mass is 19.4. The number of carbonyl (C=O) groups is 1. The molecule has 1 aliphatic rings. The summed E-state index contributed by atoms with van der Waals surface area (Å²) in [5.41, 5.74) is -1.92. The average molecular weight is 299 g/mol. The quantitative estimate of drug-likeness (QED) is 0.789. The summed E-state index contributed by atoms with van der Waals surface area (Å²) in [6, 6.07) is 0.662. The minimum absolute atomic E-state index is 0.227. The molecule has 0 unspecified atom stereocenters. The fourth-order valence-corrected chi connectivity index (χ4v) is 1.72. The molecule has 1 aromatic rings. The molecule has 2 N–H and O–H groups in total. The molecule has 1 aliphatic heterocycles. The van der Waals surface area contributed by atoms with Crippen LogP contribution in [0.3, 0.4) is 0 Å². The lowest BCUT2D eigenvalue weighted by atomic mass is 10.0. The molecule has 0 aliphatic carbocycles. The molecule has 6 nitrogen and oxygen atoms in total. The normalized spacial score (nSPS) is 15.5. The number of amides is 1. The molecule has 9 heteroatoms. The summed E-state index contributed by atoms with van der Waals surface area (Å²) in [7, 11) is 0. The van der Waals surface area contributed by atoms with Crippen LogP contribution in [0, 0.1) is 12.3 Å². The smallest absolute Gasteiger partial charge is 0.350 e. The van der Waals surface area contributed by atoms with Gasteiger partial charge in [-0.1, -0.05) is 0 Å². The van der Waals surface area contributed by atoms with Gasteiger partial charge in [0.25, 0.3) is 5.91 Å². The Kier molecular flexibility index (Phi) is 3.97. The van der Waals surface area contributed by atoms with Crippen LogP contribution in [0.2, 0.25) is 0 Å². The van der Waals surface area contributed by atoms with Crippen molar-refractivity contribution in [2.75, 3.05) is 6.54 Å². The van der Waals surface area contributed by atoms with E-state index in [4.69, 9.17) is 6.42 Å². The van der Waals surface area contributed by atoms with Gasteiger partial charge in [0.2, 0.25) is 0 Å². The first-order valence-corrected chi connectivity index (χ1v) is 6.15. The maximum atomic E-state index is 12.4.